The minimum Gasteiger partial charge on any atom is -0.375 e. The molecule has 0 saturated heterocycles. The van der Waals surface area contributed by atoms with Gasteiger partial charge in [0.2, 0.25) is 0 Å². The summed E-state index contributed by atoms with van der Waals surface area (Å²) in [6, 6.07) is 9.02. The fourth-order valence-electron chi connectivity index (χ4n) is 2.27. The molecule has 0 fully saturated rings. The molecule has 0 aliphatic carbocycles. The Labute approximate surface area is 118 Å². The van der Waals surface area contributed by atoms with Crippen LogP contribution in [0.2, 0.25) is 0 Å². The van der Waals surface area contributed by atoms with Gasteiger partial charge in [0, 0.05) is 19.3 Å². The molecule has 1 rings (SSSR count). The van der Waals surface area contributed by atoms with E-state index in [1.807, 2.05) is 13.8 Å². The lowest BCUT2D eigenvalue weighted by Gasteiger charge is -2.21. The zero-order chi connectivity index (χ0) is 14.5. The molecule has 1 aromatic rings. The molecule has 1 aromatic carbocycles. The van der Waals surface area contributed by atoms with Gasteiger partial charge in [-0.05, 0) is 63.8 Å². The van der Waals surface area contributed by atoms with Crippen LogP contribution < -0.4 is 4.90 Å². The average Bonchev–Trinajstić information content (AvgIpc) is 2.33. The second kappa shape index (κ2) is 6.61. The van der Waals surface area contributed by atoms with Crippen LogP contribution >= 0.6 is 0 Å². The van der Waals surface area contributed by atoms with Crippen LogP contribution in [0.25, 0.3) is 0 Å². The molecule has 0 atom stereocenters. The summed E-state index contributed by atoms with van der Waals surface area (Å²) in [5.41, 5.74) is 3.73. The van der Waals surface area contributed by atoms with Gasteiger partial charge in [0.05, 0.1) is 11.5 Å². The lowest BCUT2D eigenvalue weighted by atomic mass is 9.89. The van der Waals surface area contributed by atoms with E-state index in [-0.39, 0.29) is 5.41 Å². The Morgan fingerprint density at radius 3 is 2.21 bits per heavy atom. The van der Waals surface area contributed by atoms with Crippen LogP contribution in [0, 0.1) is 30.6 Å². The van der Waals surface area contributed by atoms with E-state index in [2.05, 4.69) is 50.1 Å². The molecule has 2 heteroatoms. The summed E-state index contributed by atoms with van der Waals surface area (Å²) >= 11 is 0. The number of benzene rings is 1. The highest BCUT2D eigenvalue weighted by molar-refractivity contribution is 5.50. The van der Waals surface area contributed by atoms with Gasteiger partial charge in [-0.3, -0.25) is 0 Å². The molecule has 0 radical (unpaired) electrons. The highest BCUT2D eigenvalue weighted by atomic mass is 15.1. The van der Waals surface area contributed by atoms with Crippen molar-refractivity contribution >= 4 is 5.69 Å². The molecule has 0 saturated carbocycles. The van der Waals surface area contributed by atoms with E-state index >= 15 is 0 Å². The molecule has 0 aliphatic rings. The Morgan fingerprint density at radius 1 is 1.11 bits per heavy atom. The van der Waals surface area contributed by atoms with Crippen molar-refractivity contribution in [1.29, 1.82) is 5.26 Å². The summed E-state index contributed by atoms with van der Waals surface area (Å²) in [7, 11) is 2.14. The molecule has 2 nitrogen and oxygen atoms in total. The number of unbranched alkanes of at least 4 members (excludes halogenated alkanes) is 1. The summed E-state index contributed by atoms with van der Waals surface area (Å²) in [6.07, 6.45) is 3.22. The largest absolute Gasteiger partial charge is 0.375 e. The summed E-state index contributed by atoms with van der Waals surface area (Å²) in [5, 5.41) is 8.98. The third-order valence-electron chi connectivity index (χ3n) is 3.50. The maximum absolute atomic E-state index is 8.98. The van der Waals surface area contributed by atoms with Crippen LogP contribution in [0.15, 0.2) is 18.2 Å². The topological polar surface area (TPSA) is 27.0 Å². The first-order valence-corrected chi connectivity index (χ1v) is 7.05. The van der Waals surface area contributed by atoms with Gasteiger partial charge in [0.1, 0.15) is 0 Å². The van der Waals surface area contributed by atoms with E-state index < -0.39 is 0 Å². The quantitative estimate of drug-likeness (QED) is 0.704. The molecular formula is C17H26N2. The Hall–Kier alpha value is -1.49. The van der Waals surface area contributed by atoms with Crippen molar-refractivity contribution in [3.05, 3.63) is 29.3 Å². The van der Waals surface area contributed by atoms with E-state index in [9.17, 15) is 0 Å². The van der Waals surface area contributed by atoms with Gasteiger partial charge in [-0.2, -0.15) is 5.26 Å². The molecule has 19 heavy (non-hydrogen) atoms. The zero-order valence-corrected chi connectivity index (χ0v) is 13.0. The number of hydrogen-bond donors (Lipinski definition) is 0. The molecule has 0 amide bonds. The van der Waals surface area contributed by atoms with Gasteiger partial charge in [-0.15, -0.1) is 0 Å². The summed E-state index contributed by atoms with van der Waals surface area (Å²) in [4.78, 5) is 2.30. The highest BCUT2D eigenvalue weighted by Crippen LogP contribution is 2.22. The molecular weight excluding hydrogens is 232 g/mol. The summed E-state index contributed by atoms with van der Waals surface area (Å²) in [6.45, 7) is 9.35. The Balaban J connectivity index is 2.44. The minimum absolute atomic E-state index is 0.182. The normalized spacial score (nSPS) is 11.2. The molecule has 0 heterocycles. The van der Waals surface area contributed by atoms with Gasteiger partial charge in [-0.1, -0.05) is 12.5 Å². The third kappa shape index (κ3) is 5.34. The standard InChI is InChI=1S/C17H26N2/c1-14-10-15(2)12-16(11-14)19(5)9-7-6-8-17(3,4)13-18/h10-12H,6-9H2,1-5H3. The lowest BCUT2D eigenvalue weighted by Crippen LogP contribution is -2.19. The van der Waals surface area contributed by atoms with Gasteiger partial charge in [0.15, 0.2) is 0 Å². The van der Waals surface area contributed by atoms with Crippen molar-refractivity contribution in [2.75, 3.05) is 18.5 Å². The van der Waals surface area contributed by atoms with Gasteiger partial charge in [0.25, 0.3) is 0 Å². The van der Waals surface area contributed by atoms with Crippen molar-refractivity contribution in [3.8, 4) is 6.07 Å². The Morgan fingerprint density at radius 2 is 1.68 bits per heavy atom. The second-order valence-electron chi connectivity index (χ2n) is 6.22. The van der Waals surface area contributed by atoms with Crippen LogP contribution in [-0.4, -0.2) is 13.6 Å². The van der Waals surface area contributed by atoms with Crippen LogP contribution in [0.4, 0.5) is 5.69 Å². The average molecular weight is 258 g/mol. The van der Waals surface area contributed by atoms with E-state index in [1.165, 1.54) is 16.8 Å². The number of aryl methyl sites for hydroxylation is 2. The van der Waals surface area contributed by atoms with Crippen molar-refractivity contribution in [2.45, 2.75) is 47.0 Å². The monoisotopic (exact) mass is 258 g/mol. The van der Waals surface area contributed by atoms with Crippen LogP contribution in [-0.2, 0) is 0 Å². The Kier molecular flexibility index (Phi) is 5.42. The fraction of sp³-hybridized carbons (Fsp3) is 0.588. The first-order valence-electron chi connectivity index (χ1n) is 7.05. The predicted octanol–water partition coefficient (Wildman–Crippen LogP) is 4.46. The molecule has 0 aromatic heterocycles. The number of nitrogens with zero attached hydrogens (tertiary/aromatic N) is 2. The number of hydrogen-bond acceptors (Lipinski definition) is 2. The van der Waals surface area contributed by atoms with Gasteiger partial charge in [-0.25, -0.2) is 0 Å². The summed E-state index contributed by atoms with van der Waals surface area (Å²) in [5.74, 6) is 0. The molecule has 0 spiro atoms. The highest BCUT2D eigenvalue weighted by Gasteiger charge is 2.15. The third-order valence-corrected chi connectivity index (χ3v) is 3.50. The SMILES string of the molecule is Cc1cc(C)cc(N(C)CCCCC(C)(C)C#N)c1. The molecule has 0 N–H and O–H groups in total. The summed E-state index contributed by atoms with van der Waals surface area (Å²) < 4.78 is 0. The smallest absolute Gasteiger partial charge is 0.0683 e. The zero-order valence-electron chi connectivity index (χ0n) is 13.0. The van der Waals surface area contributed by atoms with Crippen LogP contribution in [0.3, 0.4) is 0 Å². The predicted molar refractivity (Wildman–Crippen MR) is 82.4 cm³/mol. The van der Waals surface area contributed by atoms with Crippen LogP contribution in [0.1, 0.15) is 44.2 Å². The van der Waals surface area contributed by atoms with Gasteiger partial charge < -0.3 is 4.90 Å². The van der Waals surface area contributed by atoms with Crippen molar-refractivity contribution < 1.29 is 0 Å². The maximum Gasteiger partial charge on any atom is 0.0683 e. The molecule has 0 unspecified atom stereocenters. The van der Waals surface area contributed by atoms with Crippen molar-refractivity contribution in [1.82, 2.24) is 0 Å². The maximum atomic E-state index is 8.98. The van der Waals surface area contributed by atoms with E-state index in [1.54, 1.807) is 0 Å². The number of anilines is 1. The molecule has 0 bridgehead atoms. The van der Waals surface area contributed by atoms with Crippen molar-refractivity contribution in [2.24, 2.45) is 5.41 Å². The lowest BCUT2D eigenvalue weighted by molar-refractivity contribution is 0.427. The molecule has 104 valence electrons. The van der Waals surface area contributed by atoms with E-state index in [0.29, 0.717) is 0 Å². The number of nitriles is 1. The number of rotatable bonds is 6. The van der Waals surface area contributed by atoms with Crippen LogP contribution in [0.5, 0.6) is 0 Å². The first kappa shape index (κ1) is 15.6. The van der Waals surface area contributed by atoms with Gasteiger partial charge >= 0.3 is 0 Å². The first-order chi connectivity index (χ1) is 8.84. The van der Waals surface area contributed by atoms with E-state index in [4.69, 9.17) is 5.26 Å². The minimum atomic E-state index is -0.182. The second-order valence-corrected chi connectivity index (χ2v) is 6.22. The van der Waals surface area contributed by atoms with E-state index in [0.717, 1.165) is 25.8 Å². The fourth-order valence-corrected chi connectivity index (χ4v) is 2.27. The Bertz CT molecular complexity index is 435. The van der Waals surface area contributed by atoms with Crippen molar-refractivity contribution in [3.63, 3.8) is 0 Å². The molecule has 0 aliphatic heterocycles.